The van der Waals surface area contributed by atoms with E-state index in [2.05, 4.69) is 0 Å². The number of benzene rings is 1. The van der Waals surface area contributed by atoms with Gasteiger partial charge in [0.2, 0.25) is 0 Å². The van der Waals surface area contributed by atoms with Crippen LogP contribution in [0, 0.1) is 11.8 Å². The van der Waals surface area contributed by atoms with Crippen LogP contribution >= 0.6 is 0 Å². The standard InChI is InChI=1S/C14H18O6S/c1-19-14(16)13(10-6-7-21(17,18)9-10)8-20-12-4-2-11(15)3-5-12/h2-5,10,13,15H,6-9H2,1H3. The van der Waals surface area contributed by atoms with E-state index in [4.69, 9.17) is 9.47 Å². The predicted molar refractivity (Wildman–Crippen MR) is 75.9 cm³/mol. The van der Waals surface area contributed by atoms with Crippen molar-refractivity contribution in [1.29, 1.82) is 0 Å². The molecule has 1 heterocycles. The van der Waals surface area contributed by atoms with Gasteiger partial charge < -0.3 is 14.6 Å². The summed E-state index contributed by atoms with van der Waals surface area (Å²) in [6, 6.07) is 6.11. The topological polar surface area (TPSA) is 89.9 Å². The quantitative estimate of drug-likeness (QED) is 0.815. The summed E-state index contributed by atoms with van der Waals surface area (Å²) >= 11 is 0. The van der Waals surface area contributed by atoms with E-state index in [1.807, 2.05) is 0 Å². The SMILES string of the molecule is COC(=O)C(COc1ccc(O)cc1)C1CCS(=O)(=O)C1. The number of carbonyl (C=O) groups is 1. The molecule has 1 fully saturated rings. The minimum absolute atomic E-state index is 0.00823. The van der Waals surface area contributed by atoms with E-state index in [9.17, 15) is 18.3 Å². The Morgan fingerprint density at radius 1 is 1.38 bits per heavy atom. The first-order valence-corrected chi connectivity index (χ1v) is 8.43. The van der Waals surface area contributed by atoms with Crippen LogP contribution in [0.1, 0.15) is 6.42 Å². The highest BCUT2D eigenvalue weighted by molar-refractivity contribution is 7.91. The van der Waals surface area contributed by atoms with Gasteiger partial charge in [0.1, 0.15) is 18.1 Å². The van der Waals surface area contributed by atoms with Gasteiger partial charge in [-0.05, 0) is 36.6 Å². The number of hydrogen-bond acceptors (Lipinski definition) is 6. The van der Waals surface area contributed by atoms with Gasteiger partial charge in [0.05, 0.1) is 24.5 Å². The van der Waals surface area contributed by atoms with Gasteiger partial charge >= 0.3 is 5.97 Å². The number of hydrogen-bond donors (Lipinski definition) is 1. The molecular weight excluding hydrogens is 296 g/mol. The van der Waals surface area contributed by atoms with E-state index in [1.54, 1.807) is 12.1 Å². The lowest BCUT2D eigenvalue weighted by Gasteiger charge is -2.20. The lowest BCUT2D eigenvalue weighted by molar-refractivity contribution is -0.148. The van der Waals surface area contributed by atoms with Gasteiger partial charge in [-0.2, -0.15) is 0 Å². The van der Waals surface area contributed by atoms with Crippen LogP contribution in [0.2, 0.25) is 0 Å². The smallest absolute Gasteiger partial charge is 0.312 e. The molecule has 0 radical (unpaired) electrons. The fourth-order valence-corrected chi connectivity index (χ4v) is 4.30. The summed E-state index contributed by atoms with van der Waals surface area (Å²) in [5.41, 5.74) is 0. The second-order valence-corrected chi connectivity index (χ2v) is 7.33. The summed E-state index contributed by atoms with van der Waals surface area (Å²) in [4.78, 5) is 11.8. The lowest BCUT2D eigenvalue weighted by Crippen LogP contribution is -2.31. The zero-order valence-electron chi connectivity index (χ0n) is 11.7. The maximum Gasteiger partial charge on any atom is 0.312 e. The van der Waals surface area contributed by atoms with E-state index in [0.29, 0.717) is 12.2 Å². The minimum Gasteiger partial charge on any atom is -0.508 e. The Kier molecular flexibility index (Phi) is 4.72. The summed E-state index contributed by atoms with van der Waals surface area (Å²) in [7, 11) is -1.79. The van der Waals surface area contributed by atoms with Crippen LogP contribution < -0.4 is 4.74 Å². The third-order valence-corrected chi connectivity index (χ3v) is 5.40. The molecular formula is C14H18O6S. The molecule has 116 valence electrons. The summed E-state index contributed by atoms with van der Waals surface area (Å²) in [5, 5.41) is 9.19. The third kappa shape index (κ3) is 4.10. The Hall–Kier alpha value is -1.76. The normalized spacial score (nSPS) is 21.7. The summed E-state index contributed by atoms with van der Waals surface area (Å²) in [5.74, 6) is -0.636. The molecule has 2 unspecified atom stereocenters. The molecule has 0 spiro atoms. The van der Waals surface area contributed by atoms with Crippen LogP contribution in [0.5, 0.6) is 11.5 Å². The van der Waals surface area contributed by atoms with Gasteiger partial charge in [0.15, 0.2) is 9.84 Å². The first kappa shape index (κ1) is 15.6. The molecule has 6 nitrogen and oxygen atoms in total. The highest BCUT2D eigenvalue weighted by atomic mass is 32.2. The average molecular weight is 314 g/mol. The number of sulfone groups is 1. The molecule has 7 heteroatoms. The highest BCUT2D eigenvalue weighted by Crippen LogP contribution is 2.28. The maximum atomic E-state index is 11.8. The maximum absolute atomic E-state index is 11.8. The van der Waals surface area contributed by atoms with Crippen molar-refractivity contribution >= 4 is 15.8 Å². The zero-order valence-corrected chi connectivity index (χ0v) is 12.5. The van der Waals surface area contributed by atoms with Crippen molar-refractivity contribution < 1.29 is 27.8 Å². The Labute approximate surface area is 123 Å². The van der Waals surface area contributed by atoms with Gasteiger partial charge in [-0.15, -0.1) is 0 Å². The van der Waals surface area contributed by atoms with Crippen molar-refractivity contribution in [3.8, 4) is 11.5 Å². The first-order chi connectivity index (χ1) is 9.91. The van der Waals surface area contributed by atoms with Crippen LogP contribution in [-0.4, -0.2) is 44.7 Å². The Morgan fingerprint density at radius 3 is 2.57 bits per heavy atom. The fraction of sp³-hybridized carbons (Fsp3) is 0.500. The zero-order chi connectivity index (χ0) is 15.5. The molecule has 1 aromatic carbocycles. The molecule has 1 aliphatic heterocycles. The van der Waals surface area contributed by atoms with Gasteiger partial charge in [-0.1, -0.05) is 0 Å². The number of esters is 1. The molecule has 1 N–H and O–H groups in total. The molecule has 1 aromatic rings. The Morgan fingerprint density at radius 2 is 2.05 bits per heavy atom. The molecule has 2 atom stereocenters. The molecule has 1 aliphatic rings. The van der Waals surface area contributed by atoms with Gasteiger partial charge in [0, 0.05) is 0 Å². The third-order valence-electron chi connectivity index (χ3n) is 3.61. The number of aromatic hydroxyl groups is 1. The van der Waals surface area contributed by atoms with E-state index in [1.165, 1.54) is 19.2 Å². The van der Waals surface area contributed by atoms with Crippen LogP contribution in [0.4, 0.5) is 0 Å². The van der Waals surface area contributed by atoms with Crippen LogP contribution in [0.3, 0.4) is 0 Å². The van der Waals surface area contributed by atoms with Gasteiger partial charge in [-0.3, -0.25) is 4.79 Å². The van der Waals surface area contributed by atoms with Crippen LogP contribution in [-0.2, 0) is 19.4 Å². The number of phenols is 1. The van der Waals surface area contributed by atoms with Crippen LogP contribution in [0.25, 0.3) is 0 Å². The Balaban J connectivity index is 2.03. The molecule has 1 saturated heterocycles. The van der Waals surface area contributed by atoms with Gasteiger partial charge in [0.25, 0.3) is 0 Å². The summed E-state index contributed by atoms with van der Waals surface area (Å²) < 4.78 is 33.4. The second kappa shape index (κ2) is 6.34. The minimum atomic E-state index is -3.07. The van der Waals surface area contributed by atoms with Crippen molar-refractivity contribution in [2.75, 3.05) is 25.2 Å². The fourth-order valence-electron chi connectivity index (χ4n) is 2.42. The number of ether oxygens (including phenoxy) is 2. The summed E-state index contributed by atoms with van der Waals surface area (Å²) in [6.07, 6.45) is 0.445. The van der Waals surface area contributed by atoms with Crippen molar-refractivity contribution in [2.24, 2.45) is 11.8 Å². The number of carbonyl (C=O) groups excluding carboxylic acids is 1. The van der Waals surface area contributed by atoms with E-state index in [0.717, 1.165) is 0 Å². The van der Waals surface area contributed by atoms with Crippen LogP contribution in [0.15, 0.2) is 24.3 Å². The molecule has 21 heavy (non-hydrogen) atoms. The van der Waals surface area contributed by atoms with Gasteiger partial charge in [-0.25, -0.2) is 8.42 Å². The lowest BCUT2D eigenvalue weighted by atomic mass is 9.92. The summed E-state index contributed by atoms with van der Waals surface area (Å²) in [6.45, 7) is 0.0532. The molecule has 0 aliphatic carbocycles. The number of methoxy groups -OCH3 is 1. The predicted octanol–water partition coefficient (Wildman–Crippen LogP) is 0.995. The number of rotatable bonds is 5. The molecule has 0 aromatic heterocycles. The highest BCUT2D eigenvalue weighted by Gasteiger charge is 2.38. The van der Waals surface area contributed by atoms with Crippen molar-refractivity contribution in [2.45, 2.75) is 6.42 Å². The second-order valence-electron chi connectivity index (χ2n) is 5.10. The van der Waals surface area contributed by atoms with E-state index < -0.39 is 21.7 Å². The monoisotopic (exact) mass is 314 g/mol. The van der Waals surface area contributed by atoms with E-state index >= 15 is 0 Å². The number of phenolic OH excluding ortho intramolecular Hbond substituents is 1. The largest absolute Gasteiger partial charge is 0.508 e. The molecule has 0 amide bonds. The molecule has 2 rings (SSSR count). The van der Waals surface area contributed by atoms with Crippen molar-refractivity contribution in [3.05, 3.63) is 24.3 Å². The Bertz CT molecular complexity index is 592. The first-order valence-electron chi connectivity index (χ1n) is 6.61. The van der Waals surface area contributed by atoms with E-state index in [-0.39, 0.29) is 29.8 Å². The van der Waals surface area contributed by atoms with Crippen molar-refractivity contribution in [1.82, 2.24) is 0 Å². The molecule has 0 saturated carbocycles. The van der Waals surface area contributed by atoms with Crippen molar-refractivity contribution in [3.63, 3.8) is 0 Å². The molecule has 0 bridgehead atoms. The average Bonchev–Trinajstić information content (AvgIpc) is 2.81.